The molecule has 0 saturated heterocycles. The van der Waals surface area contributed by atoms with Gasteiger partial charge in [-0.15, -0.1) is 0 Å². The maximum Gasteiger partial charge on any atom is 0.407 e. The maximum atomic E-state index is 13.8. The topological polar surface area (TPSA) is 76.7 Å². The zero-order valence-corrected chi connectivity index (χ0v) is 16.0. The average Bonchev–Trinajstić information content (AvgIpc) is 2.72. The van der Waals surface area contributed by atoms with E-state index in [-0.39, 0.29) is 5.57 Å². The number of halogens is 1. The highest BCUT2D eigenvalue weighted by Gasteiger charge is 2.28. The predicted octanol–water partition coefficient (Wildman–Crippen LogP) is 3.46. The molecule has 148 valence electrons. The van der Waals surface area contributed by atoms with Gasteiger partial charge in [0.15, 0.2) is 0 Å². The number of rotatable bonds is 7. The second-order valence-corrected chi connectivity index (χ2v) is 5.99. The van der Waals surface area contributed by atoms with E-state index >= 15 is 0 Å². The summed E-state index contributed by atoms with van der Waals surface area (Å²) in [6.45, 7) is 2.15. The van der Waals surface area contributed by atoms with Crippen LogP contribution < -0.4 is 10.6 Å². The second kappa shape index (κ2) is 10.1. The molecular weight excluding hydrogens is 363 g/mol. The van der Waals surface area contributed by atoms with Crippen molar-refractivity contribution >= 4 is 12.1 Å². The van der Waals surface area contributed by atoms with Crippen LogP contribution in [0.25, 0.3) is 0 Å². The van der Waals surface area contributed by atoms with E-state index in [1.165, 1.54) is 32.4 Å². The number of hydrogen-bond donors (Lipinski definition) is 2. The first-order valence-corrected chi connectivity index (χ1v) is 8.63. The lowest BCUT2D eigenvalue weighted by molar-refractivity contribution is -0.136. The number of carbonyl (C=O) groups excluding carboxylic acids is 2. The molecule has 0 spiro atoms. The number of hydrogen-bond acceptors (Lipinski definition) is 5. The molecule has 2 aromatic carbocycles. The highest BCUT2D eigenvalue weighted by molar-refractivity contribution is 5.91. The van der Waals surface area contributed by atoms with E-state index in [0.717, 1.165) is 5.56 Å². The van der Waals surface area contributed by atoms with Crippen molar-refractivity contribution in [1.29, 1.82) is 0 Å². The molecule has 0 aliphatic rings. The van der Waals surface area contributed by atoms with Crippen LogP contribution in [0.4, 0.5) is 9.18 Å². The van der Waals surface area contributed by atoms with Gasteiger partial charge in [-0.2, -0.15) is 0 Å². The van der Waals surface area contributed by atoms with Crippen molar-refractivity contribution in [1.82, 2.24) is 10.6 Å². The van der Waals surface area contributed by atoms with Gasteiger partial charge in [-0.1, -0.05) is 42.5 Å². The summed E-state index contributed by atoms with van der Waals surface area (Å²) in [6, 6.07) is 14.3. The molecule has 7 heteroatoms. The largest absolute Gasteiger partial charge is 0.466 e. The van der Waals surface area contributed by atoms with Crippen molar-refractivity contribution in [2.24, 2.45) is 0 Å². The summed E-state index contributed by atoms with van der Waals surface area (Å²) in [5.41, 5.74) is 2.02. The molecule has 0 aromatic heterocycles. The van der Waals surface area contributed by atoms with Crippen molar-refractivity contribution in [2.75, 3.05) is 14.2 Å². The molecule has 0 radical (unpaired) electrons. The normalized spacial score (nSPS) is 12.4. The first kappa shape index (κ1) is 21.0. The van der Waals surface area contributed by atoms with Crippen LogP contribution in [0, 0.1) is 5.82 Å². The number of benzene rings is 2. The predicted molar refractivity (Wildman–Crippen MR) is 103 cm³/mol. The lowest BCUT2D eigenvalue weighted by Crippen LogP contribution is -2.34. The first-order chi connectivity index (χ1) is 13.5. The van der Waals surface area contributed by atoms with E-state index in [0.29, 0.717) is 17.8 Å². The third-order valence-corrected chi connectivity index (χ3v) is 4.13. The Labute approximate surface area is 163 Å². The van der Waals surface area contributed by atoms with Crippen molar-refractivity contribution in [3.63, 3.8) is 0 Å². The first-order valence-electron chi connectivity index (χ1n) is 8.63. The third kappa shape index (κ3) is 5.57. The number of ether oxygens (including phenoxy) is 2. The Hall–Kier alpha value is -3.35. The van der Waals surface area contributed by atoms with Gasteiger partial charge in [-0.25, -0.2) is 14.0 Å². The smallest absolute Gasteiger partial charge is 0.407 e. The number of esters is 1. The number of nitrogens with one attached hydrogen (secondary N) is 2. The molecule has 2 rings (SSSR count). The SMILES string of the molecule is COC(=O)NC(/C(C(=O)OC)=C(\C)NCc1ccccc1)c1cccc(F)c1. The van der Waals surface area contributed by atoms with E-state index in [1.54, 1.807) is 13.0 Å². The Morgan fingerprint density at radius 3 is 2.36 bits per heavy atom. The van der Waals surface area contributed by atoms with E-state index in [4.69, 9.17) is 4.74 Å². The fourth-order valence-electron chi connectivity index (χ4n) is 2.71. The van der Waals surface area contributed by atoms with Crippen LogP contribution >= 0.6 is 0 Å². The molecule has 0 bridgehead atoms. The van der Waals surface area contributed by atoms with Gasteiger partial charge in [-0.3, -0.25) is 0 Å². The standard InChI is InChI=1S/C21H23FN2O4/c1-14(23-13-15-8-5-4-6-9-15)18(20(25)27-2)19(24-21(26)28-3)16-10-7-11-17(22)12-16/h4-12,19,23H,13H2,1-3H3,(H,24,26)/b18-14-. The van der Waals surface area contributed by atoms with Gasteiger partial charge < -0.3 is 20.1 Å². The van der Waals surface area contributed by atoms with Gasteiger partial charge in [0, 0.05) is 12.2 Å². The monoisotopic (exact) mass is 386 g/mol. The Balaban J connectivity index is 2.43. The number of amides is 1. The maximum absolute atomic E-state index is 13.8. The quantitative estimate of drug-likeness (QED) is 0.563. The minimum atomic E-state index is -0.959. The van der Waals surface area contributed by atoms with Crippen LogP contribution in [0.2, 0.25) is 0 Å². The van der Waals surface area contributed by atoms with Crippen molar-refractivity contribution < 1.29 is 23.5 Å². The Bertz CT molecular complexity index is 852. The molecule has 0 aliphatic carbocycles. The van der Waals surface area contributed by atoms with Gasteiger partial charge in [0.2, 0.25) is 0 Å². The highest BCUT2D eigenvalue weighted by atomic mass is 19.1. The number of methoxy groups -OCH3 is 2. The van der Waals surface area contributed by atoms with E-state index < -0.39 is 23.9 Å². The van der Waals surface area contributed by atoms with Gasteiger partial charge in [0.05, 0.1) is 25.8 Å². The molecule has 2 aromatic rings. The van der Waals surface area contributed by atoms with Crippen molar-refractivity contribution in [3.05, 3.63) is 82.8 Å². The van der Waals surface area contributed by atoms with Crippen molar-refractivity contribution in [3.8, 4) is 0 Å². The van der Waals surface area contributed by atoms with E-state index in [9.17, 15) is 14.0 Å². The molecule has 1 atom stereocenters. The zero-order chi connectivity index (χ0) is 20.5. The van der Waals surface area contributed by atoms with Gasteiger partial charge in [0.25, 0.3) is 0 Å². The van der Waals surface area contributed by atoms with Gasteiger partial charge in [0.1, 0.15) is 5.82 Å². The van der Waals surface area contributed by atoms with Crippen molar-refractivity contribution in [2.45, 2.75) is 19.5 Å². The summed E-state index contributed by atoms with van der Waals surface area (Å²) < 4.78 is 23.3. The summed E-state index contributed by atoms with van der Waals surface area (Å²) in [7, 11) is 2.45. The van der Waals surface area contributed by atoms with Crippen LogP contribution in [0.15, 0.2) is 65.9 Å². The molecule has 0 aliphatic heterocycles. The summed E-state index contributed by atoms with van der Waals surface area (Å²) in [4.78, 5) is 24.4. The fourth-order valence-corrected chi connectivity index (χ4v) is 2.71. The summed E-state index contributed by atoms with van der Waals surface area (Å²) in [6.07, 6.45) is -0.758. The van der Waals surface area contributed by atoms with Crippen LogP contribution in [0.1, 0.15) is 24.1 Å². The van der Waals surface area contributed by atoms with Gasteiger partial charge >= 0.3 is 12.1 Å². The number of allylic oxidation sites excluding steroid dienone is 1. The molecule has 0 fully saturated rings. The number of alkyl carbamates (subject to hydrolysis) is 1. The lowest BCUT2D eigenvalue weighted by Gasteiger charge is -2.23. The lowest BCUT2D eigenvalue weighted by atomic mass is 9.96. The molecule has 2 N–H and O–H groups in total. The summed E-state index contributed by atoms with van der Waals surface area (Å²) in [5.74, 6) is -1.14. The summed E-state index contributed by atoms with van der Waals surface area (Å²) >= 11 is 0. The molecule has 0 saturated carbocycles. The fraction of sp³-hybridized carbons (Fsp3) is 0.238. The second-order valence-electron chi connectivity index (χ2n) is 5.99. The molecule has 6 nitrogen and oxygen atoms in total. The average molecular weight is 386 g/mol. The van der Waals surface area contributed by atoms with E-state index in [2.05, 4.69) is 15.4 Å². The zero-order valence-electron chi connectivity index (χ0n) is 16.0. The Morgan fingerprint density at radius 2 is 1.75 bits per heavy atom. The summed E-state index contributed by atoms with van der Waals surface area (Å²) in [5, 5.41) is 5.74. The molecule has 1 unspecified atom stereocenters. The van der Waals surface area contributed by atoms with Crippen LogP contribution in [0.5, 0.6) is 0 Å². The van der Waals surface area contributed by atoms with Crippen LogP contribution in [-0.2, 0) is 20.8 Å². The van der Waals surface area contributed by atoms with Crippen LogP contribution in [-0.4, -0.2) is 26.3 Å². The van der Waals surface area contributed by atoms with E-state index in [1.807, 2.05) is 30.3 Å². The van der Waals surface area contributed by atoms with Crippen LogP contribution in [0.3, 0.4) is 0 Å². The molecule has 1 amide bonds. The number of carbonyl (C=O) groups is 2. The third-order valence-electron chi connectivity index (χ3n) is 4.13. The Morgan fingerprint density at radius 1 is 1.04 bits per heavy atom. The molecule has 28 heavy (non-hydrogen) atoms. The highest BCUT2D eigenvalue weighted by Crippen LogP contribution is 2.26. The molecular formula is C21H23FN2O4. The minimum Gasteiger partial charge on any atom is -0.466 e. The molecule has 0 heterocycles. The minimum absolute atomic E-state index is 0.148. The van der Waals surface area contributed by atoms with Gasteiger partial charge in [-0.05, 0) is 30.2 Å². The Kier molecular flexibility index (Phi) is 7.56.